The van der Waals surface area contributed by atoms with Crippen LogP contribution in [0.2, 0.25) is 0 Å². The molecule has 1 fully saturated rings. The number of anilines is 1. The van der Waals surface area contributed by atoms with Crippen molar-refractivity contribution in [1.29, 1.82) is 0 Å². The van der Waals surface area contributed by atoms with Crippen LogP contribution in [0.1, 0.15) is 31.6 Å². The van der Waals surface area contributed by atoms with Gasteiger partial charge in [-0.25, -0.2) is 4.39 Å². The Kier molecular flexibility index (Phi) is 6.63. The predicted molar refractivity (Wildman–Crippen MR) is 117 cm³/mol. The highest BCUT2D eigenvalue weighted by atomic mass is 32.1. The largest absolute Gasteiger partial charge is 0.337 e. The van der Waals surface area contributed by atoms with Crippen LogP contribution in [0.4, 0.5) is 10.1 Å². The zero-order valence-electron chi connectivity index (χ0n) is 16.8. The van der Waals surface area contributed by atoms with Gasteiger partial charge in [0, 0.05) is 37.4 Å². The van der Waals surface area contributed by atoms with Crippen molar-refractivity contribution < 1.29 is 14.0 Å². The lowest BCUT2D eigenvalue weighted by atomic mass is 10.2. The molecule has 160 valence electrons. The van der Waals surface area contributed by atoms with E-state index in [-0.39, 0.29) is 22.6 Å². The van der Waals surface area contributed by atoms with Crippen molar-refractivity contribution in [3.8, 4) is 0 Å². The number of halogens is 1. The van der Waals surface area contributed by atoms with Gasteiger partial charge in [-0.1, -0.05) is 29.5 Å². The summed E-state index contributed by atoms with van der Waals surface area (Å²) in [4.78, 5) is 29.2. The van der Waals surface area contributed by atoms with Crippen LogP contribution in [-0.4, -0.2) is 58.0 Å². The van der Waals surface area contributed by atoms with E-state index in [0.29, 0.717) is 30.9 Å². The predicted octanol–water partition coefficient (Wildman–Crippen LogP) is 3.28. The van der Waals surface area contributed by atoms with Gasteiger partial charge >= 0.3 is 0 Å². The third-order valence-electron chi connectivity index (χ3n) is 5.02. The van der Waals surface area contributed by atoms with E-state index in [2.05, 4.69) is 20.4 Å². The number of benzene rings is 2. The zero-order chi connectivity index (χ0) is 21.6. The molecule has 3 aromatic rings. The van der Waals surface area contributed by atoms with Gasteiger partial charge in [0.15, 0.2) is 0 Å². The minimum absolute atomic E-state index is 0.0538. The molecule has 1 N–H and O–H groups in total. The molecule has 0 atom stereocenters. The van der Waals surface area contributed by atoms with Crippen LogP contribution in [0.3, 0.4) is 0 Å². The first kappa shape index (κ1) is 21.1. The lowest BCUT2D eigenvalue weighted by Crippen LogP contribution is -2.35. The van der Waals surface area contributed by atoms with Crippen molar-refractivity contribution in [3.63, 3.8) is 0 Å². The molecule has 31 heavy (non-hydrogen) atoms. The Bertz CT molecular complexity index is 1040. The molecule has 0 spiro atoms. The molecule has 2 amide bonds. The van der Waals surface area contributed by atoms with Crippen LogP contribution < -0.4 is 5.32 Å². The summed E-state index contributed by atoms with van der Waals surface area (Å²) in [7, 11) is 0. The fraction of sp³-hybridized carbons (Fsp3) is 0.273. The maximum Gasteiger partial charge on any atom is 0.286 e. The summed E-state index contributed by atoms with van der Waals surface area (Å²) in [6.07, 6.45) is 0.870. The molecular weight excluding hydrogens is 417 g/mol. The molecule has 4 rings (SSSR count). The van der Waals surface area contributed by atoms with Crippen molar-refractivity contribution in [1.82, 2.24) is 20.0 Å². The third kappa shape index (κ3) is 5.50. The first-order chi connectivity index (χ1) is 15.1. The Morgan fingerprint density at radius 3 is 2.52 bits per heavy atom. The molecular formula is C22H22FN5O2S. The molecule has 0 bridgehead atoms. The Balaban J connectivity index is 1.32. The highest BCUT2D eigenvalue weighted by Crippen LogP contribution is 2.17. The maximum absolute atomic E-state index is 13.0. The highest BCUT2D eigenvalue weighted by molar-refractivity contribution is 7.13. The van der Waals surface area contributed by atoms with Crippen LogP contribution >= 0.6 is 11.3 Å². The molecule has 1 aliphatic rings. The van der Waals surface area contributed by atoms with E-state index in [1.807, 2.05) is 35.2 Å². The number of nitrogens with one attached hydrogen (secondary N) is 1. The van der Waals surface area contributed by atoms with Gasteiger partial charge in [0.2, 0.25) is 5.01 Å². The van der Waals surface area contributed by atoms with Gasteiger partial charge < -0.3 is 10.2 Å². The standard InChI is InChI=1S/C22H22FN5O2S/c23-17-7-9-18(10-8-17)24-20(29)21-26-25-19(31-21)15-27-11-4-12-28(14-13-27)22(30)16-5-2-1-3-6-16/h1-3,5-10H,4,11-15H2,(H,24,29). The van der Waals surface area contributed by atoms with Gasteiger partial charge in [0.1, 0.15) is 10.8 Å². The van der Waals surface area contributed by atoms with Crippen LogP contribution in [-0.2, 0) is 6.54 Å². The average molecular weight is 440 g/mol. The van der Waals surface area contributed by atoms with Crippen LogP contribution in [0.25, 0.3) is 0 Å². The van der Waals surface area contributed by atoms with Crippen molar-refractivity contribution in [2.75, 3.05) is 31.5 Å². The monoisotopic (exact) mass is 439 g/mol. The second kappa shape index (κ2) is 9.76. The van der Waals surface area contributed by atoms with Crippen molar-refractivity contribution in [2.45, 2.75) is 13.0 Å². The van der Waals surface area contributed by atoms with E-state index in [1.54, 1.807) is 0 Å². The number of hydrogen-bond donors (Lipinski definition) is 1. The number of amides is 2. The number of aromatic nitrogens is 2. The smallest absolute Gasteiger partial charge is 0.286 e. The van der Waals surface area contributed by atoms with E-state index in [4.69, 9.17) is 0 Å². The second-order valence-electron chi connectivity index (χ2n) is 7.25. The summed E-state index contributed by atoms with van der Waals surface area (Å²) in [5.41, 5.74) is 1.20. The van der Waals surface area contributed by atoms with Gasteiger partial charge in [-0.2, -0.15) is 0 Å². The van der Waals surface area contributed by atoms with Gasteiger partial charge in [0.05, 0.1) is 6.54 Å². The van der Waals surface area contributed by atoms with Gasteiger partial charge in [-0.15, -0.1) is 10.2 Å². The Labute approximate surface area is 183 Å². The average Bonchev–Trinajstić information content (AvgIpc) is 3.13. The summed E-state index contributed by atoms with van der Waals surface area (Å²) < 4.78 is 13.0. The number of hydrogen-bond acceptors (Lipinski definition) is 6. The quantitative estimate of drug-likeness (QED) is 0.660. The molecule has 0 unspecified atom stereocenters. The fourth-order valence-corrected chi connectivity index (χ4v) is 4.19. The topological polar surface area (TPSA) is 78.4 Å². The number of rotatable bonds is 5. The van der Waals surface area contributed by atoms with Crippen LogP contribution in [0.15, 0.2) is 54.6 Å². The van der Waals surface area contributed by atoms with Gasteiger partial charge in [-0.3, -0.25) is 14.5 Å². The molecule has 0 radical (unpaired) electrons. The minimum Gasteiger partial charge on any atom is -0.337 e. The van der Waals surface area contributed by atoms with E-state index in [1.165, 1.54) is 35.6 Å². The van der Waals surface area contributed by atoms with E-state index in [9.17, 15) is 14.0 Å². The second-order valence-corrected chi connectivity index (χ2v) is 8.31. The molecule has 9 heteroatoms. The van der Waals surface area contributed by atoms with Crippen molar-refractivity contribution in [3.05, 3.63) is 76.0 Å². The molecule has 0 saturated carbocycles. The summed E-state index contributed by atoms with van der Waals surface area (Å²) in [6, 6.07) is 14.9. The Morgan fingerprint density at radius 2 is 1.74 bits per heavy atom. The molecule has 2 aromatic carbocycles. The molecule has 1 aromatic heterocycles. The number of carbonyl (C=O) groups excluding carboxylic acids is 2. The summed E-state index contributed by atoms with van der Waals surface area (Å²) in [5, 5.41) is 11.8. The molecule has 1 aliphatic heterocycles. The summed E-state index contributed by atoms with van der Waals surface area (Å²) in [5.74, 6) is -0.679. The van der Waals surface area contributed by atoms with E-state index < -0.39 is 0 Å². The first-order valence-corrected chi connectivity index (χ1v) is 10.9. The van der Waals surface area contributed by atoms with Gasteiger partial charge in [0.25, 0.3) is 11.8 Å². The normalized spacial score (nSPS) is 14.8. The molecule has 1 saturated heterocycles. The number of carbonyl (C=O) groups is 2. The van der Waals surface area contributed by atoms with Crippen molar-refractivity contribution >= 4 is 28.8 Å². The number of nitrogens with zero attached hydrogens (tertiary/aromatic N) is 4. The Hall–Kier alpha value is -3.17. The lowest BCUT2D eigenvalue weighted by molar-refractivity contribution is 0.0761. The summed E-state index contributed by atoms with van der Waals surface area (Å²) >= 11 is 1.24. The van der Waals surface area contributed by atoms with Crippen LogP contribution in [0, 0.1) is 5.82 Å². The van der Waals surface area contributed by atoms with Crippen molar-refractivity contribution in [2.24, 2.45) is 0 Å². The first-order valence-electron chi connectivity index (χ1n) is 10.0. The SMILES string of the molecule is O=C(Nc1ccc(F)cc1)c1nnc(CN2CCCN(C(=O)c3ccccc3)CC2)s1. The molecule has 0 aliphatic carbocycles. The van der Waals surface area contributed by atoms with Crippen LogP contribution in [0.5, 0.6) is 0 Å². The third-order valence-corrected chi connectivity index (χ3v) is 5.93. The zero-order valence-corrected chi connectivity index (χ0v) is 17.6. The Morgan fingerprint density at radius 1 is 0.968 bits per heavy atom. The fourth-order valence-electron chi connectivity index (χ4n) is 3.41. The maximum atomic E-state index is 13.0. The minimum atomic E-state index is -0.370. The van der Waals surface area contributed by atoms with E-state index in [0.717, 1.165) is 24.5 Å². The lowest BCUT2D eigenvalue weighted by Gasteiger charge is -2.21. The summed E-state index contributed by atoms with van der Waals surface area (Å²) in [6.45, 7) is 3.51. The molecule has 2 heterocycles. The van der Waals surface area contributed by atoms with E-state index >= 15 is 0 Å². The van der Waals surface area contributed by atoms with Gasteiger partial charge in [-0.05, 0) is 42.8 Å². The highest BCUT2D eigenvalue weighted by Gasteiger charge is 2.21. The molecule has 7 nitrogen and oxygen atoms in total.